The van der Waals surface area contributed by atoms with Crippen molar-refractivity contribution in [1.82, 2.24) is 25.4 Å². The molecule has 33 heavy (non-hydrogen) atoms. The van der Waals surface area contributed by atoms with Crippen LogP contribution in [0.1, 0.15) is 51.9 Å². The highest BCUT2D eigenvalue weighted by atomic mass is 19.1. The summed E-state index contributed by atoms with van der Waals surface area (Å²) in [4.78, 5) is 13.7. The lowest BCUT2D eigenvalue weighted by molar-refractivity contribution is 0.188. The van der Waals surface area contributed by atoms with Crippen molar-refractivity contribution in [1.29, 1.82) is 0 Å². The number of methoxy groups -OCH3 is 1. The molecule has 1 aromatic carbocycles. The second-order valence-corrected chi connectivity index (χ2v) is 8.69. The first-order valence-electron chi connectivity index (χ1n) is 12.0. The smallest absolute Gasteiger partial charge is 0.233 e. The van der Waals surface area contributed by atoms with Crippen molar-refractivity contribution in [3.8, 4) is 5.75 Å². The number of hydrogen-bond donors (Lipinski definition) is 4. The maximum absolute atomic E-state index is 14.2. The summed E-state index contributed by atoms with van der Waals surface area (Å²) in [5, 5.41) is 12.1. The number of nitrogens with zero attached hydrogens (tertiary/aromatic N) is 4. The molecule has 1 saturated heterocycles. The fourth-order valence-corrected chi connectivity index (χ4v) is 4.44. The normalized spacial score (nSPS) is 18.2. The lowest BCUT2D eigenvalue weighted by Gasteiger charge is -2.27. The van der Waals surface area contributed by atoms with Gasteiger partial charge in [0.05, 0.1) is 13.3 Å². The minimum atomic E-state index is -0.447. The molecule has 4 rings (SSSR count). The average Bonchev–Trinajstić information content (AvgIpc) is 3.37. The second kappa shape index (κ2) is 11.4. The van der Waals surface area contributed by atoms with Crippen LogP contribution in [0.5, 0.6) is 5.75 Å². The van der Waals surface area contributed by atoms with Crippen molar-refractivity contribution in [2.45, 2.75) is 58.0 Å². The first-order chi connectivity index (χ1) is 16.1. The number of ether oxygens (including phenoxy) is 1. The molecular weight excluding hydrogens is 423 g/mol. The molecule has 9 nitrogen and oxygen atoms in total. The highest BCUT2D eigenvalue weighted by molar-refractivity contribution is 5.57. The zero-order valence-corrected chi connectivity index (χ0v) is 19.5. The number of nitrogens with one attached hydrogen (secondary N) is 4. The van der Waals surface area contributed by atoms with Gasteiger partial charge in [-0.05, 0) is 43.7 Å². The maximum Gasteiger partial charge on any atom is 0.233 e. The number of anilines is 4. The summed E-state index contributed by atoms with van der Waals surface area (Å²) in [7, 11) is 1.44. The molecule has 0 bridgehead atoms. The zero-order valence-electron chi connectivity index (χ0n) is 19.5. The van der Waals surface area contributed by atoms with Gasteiger partial charge >= 0.3 is 0 Å². The summed E-state index contributed by atoms with van der Waals surface area (Å²) in [6.07, 6.45) is 8.42. The number of hydrazine groups is 1. The van der Waals surface area contributed by atoms with Gasteiger partial charge in [-0.1, -0.05) is 26.2 Å². The van der Waals surface area contributed by atoms with Gasteiger partial charge in [0, 0.05) is 31.4 Å². The van der Waals surface area contributed by atoms with Crippen LogP contribution in [-0.2, 0) is 0 Å². The van der Waals surface area contributed by atoms with Gasteiger partial charge < -0.3 is 20.7 Å². The lowest BCUT2D eigenvalue weighted by Crippen LogP contribution is -2.45. The Hall–Kier alpha value is -2.72. The van der Waals surface area contributed by atoms with E-state index in [0.717, 1.165) is 32.5 Å². The summed E-state index contributed by atoms with van der Waals surface area (Å²) in [6, 6.07) is 4.68. The van der Waals surface area contributed by atoms with Gasteiger partial charge in [0.25, 0.3) is 0 Å². The lowest BCUT2D eigenvalue weighted by atomic mass is 9.89. The van der Waals surface area contributed by atoms with E-state index >= 15 is 0 Å². The summed E-state index contributed by atoms with van der Waals surface area (Å²) < 4.78 is 19.2. The summed E-state index contributed by atoms with van der Waals surface area (Å²) in [6.45, 7) is 4.91. The number of aromatic nitrogens is 3. The van der Waals surface area contributed by atoms with Crippen molar-refractivity contribution >= 4 is 23.5 Å². The highest BCUT2D eigenvalue weighted by Gasteiger charge is 2.22. The predicted octanol–water partition coefficient (Wildman–Crippen LogP) is 4.11. The van der Waals surface area contributed by atoms with Gasteiger partial charge in [-0.3, -0.25) is 5.43 Å². The number of rotatable bonds is 10. The van der Waals surface area contributed by atoms with Gasteiger partial charge in [0.2, 0.25) is 17.8 Å². The molecule has 1 aromatic heterocycles. The molecule has 0 spiro atoms. The van der Waals surface area contributed by atoms with Crippen molar-refractivity contribution in [2.75, 3.05) is 42.7 Å². The van der Waals surface area contributed by atoms with Crippen molar-refractivity contribution in [2.24, 2.45) is 5.92 Å². The van der Waals surface area contributed by atoms with E-state index < -0.39 is 5.82 Å². The molecule has 1 aliphatic carbocycles. The van der Waals surface area contributed by atoms with Crippen LogP contribution in [0.2, 0.25) is 0 Å². The minimum Gasteiger partial charge on any atom is -0.494 e. The Morgan fingerprint density at radius 1 is 1.12 bits per heavy atom. The van der Waals surface area contributed by atoms with E-state index in [9.17, 15) is 4.39 Å². The second-order valence-electron chi connectivity index (χ2n) is 8.69. The predicted molar refractivity (Wildman–Crippen MR) is 128 cm³/mol. The molecule has 0 amide bonds. The van der Waals surface area contributed by atoms with Gasteiger partial charge in [-0.25, -0.2) is 9.40 Å². The largest absolute Gasteiger partial charge is 0.494 e. The molecule has 4 N–H and O–H groups in total. The number of benzene rings is 1. The fraction of sp³-hybridized carbons (Fsp3) is 0.609. The van der Waals surface area contributed by atoms with Crippen LogP contribution >= 0.6 is 0 Å². The van der Waals surface area contributed by atoms with Crippen LogP contribution in [0.25, 0.3) is 0 Å². The van der Waals surface area contributed by atoms with Crippen LogP contribution < -0.4 is 26.1 Å². The molecule has 2 heterocycles. The summed E-state index contributed by atoms with van der Waals surface area (Å²) in [5.41, 5.74) is 3.94. The van der Waals surface area contributed by atoms with Crippen LogP contribution in [0, 0.1) is 11.7 Å². The van der Waals surface area contributed by atoms with Crippen molar-refractivity contribution in [3.63, 3.8) is 0 Å². The Balaban J connectivity index is 1.52. The Morgan fingerprint density at radius 3 is 2.61 bits per heavy atom. The molecule has 1 atom stereocenters. The highest BCUT2D eigenvalue weighted by Crippen LogP contribution is 2.25. The molecule has 1 aliphatic heterocycles. The standard InChI is InChI=1S/C23H35FN8O/c1-3-20(32-13-7-12-26-32)28-23-30-21(25-15-16-8-5-4-6-9-16)29-22(31-23)27-17-10-11-19(33-2)18(24)14-17/h10-11,14,16,20,26H,3-9,12-13,15H2,1-2H3,(H3,25,27,28,29,30,31). The third-order valence-corrected chi connectivity index (χ3v) is 6.27. The van der Waals surface area contributed by atoms with E-state index in [2.05, 4.69) is 48.3 Å². The van der Waals surface area contributed by atoms with Crippen LogP contribution in [0.3, 0.4) is 0 Å². The topological polar surface area (TPSA) is 99.3 Å². The summed E-state index contributed by atoms with van der Waals surface area (Å²) >= 11 is 0. The molecule has 10 heteroatoms. The molecule has 1 unspecified atom stereocenters. The Kier molecular flexibility index (Phi) is 8.11. The molecular formula is C23H35FN8O. The first kappa shape index (κ1) is 23.4. The van der Waals surface area contributed by atoms with E-state index in [1.54, 1.807) is 12.1 Å². The quantitative estimate of drug-likeness (QED) is 0.419. The van der Waals surface area contributed by atoms with E-state index in [1.807, 2.05) is 0 Å². The van der Waals surface area contributed by atoms with E-state index in [4.69, 9.17) is 4.74 Å². The van der Waals surface area contributed by atoms with Gasteiger partial charge in [0.15, 0.2) is 11.6 Å². The molecule has 180 valence electrons. The van der Waals surface area contributed by atoms with Gasteiger partial charge in [-0.2, -0.15) is 15.0 Å². The molecule has 2 aromatic rings. The molecule has 1 saturated carbocycles. The van der Waals surface area contributed by atoms with E-state index in [1.165, 1.54) is 45.3 Å². The number of hydrogen-bond acceptors (Lipinski definition) is 9. The third-order valence-electron chi connectivity index (χ3n) is 6.27. The Bertz CT molecular complexity index is 902. The summed E-state index contributed by atoms with van der Waals surface area (Å²) in [5.74, 6) is 1.73. The zero-order chi connectivity index (χ0) is 23.0. The van der Waals surface area contributed by atoms with Gasteiger partial charge in [0.1, 0.15) is 0 Å². The Labute approximate surface area is 194 Å². The SMILES string of the molecule is CCC(Nc1nc(NCC2CCCCC2)nc(Nc2ccc(OC)c(F)c2)n1)N1CCCN1. The molecule has 0 radical (unpaired) electrons. The van der Waals surface area contributed by atoms with Crippen LogP contribution in [0.15, 0.2) is 18.2 Å². The third kappa shape index (κ3) is 6.42. The van der Waals surface area contributed by atoms with Crippen molar-refractivity contribution < 1.29 is 9.13 Å². The van der Waals surface area contributed by atoms with E-state index in [0.29, 0.717) is 29.5 Å². The number of halogens is 1. The minimum absolute atomic E-state index is 0.0624. The average molecular weight is 459 g/mol. The van der Waals surface area contributed by atoms with E-state index in [-0.39, 0.29) is 11.9 Å². The monoisotopic (exact) mass is 458 g/mol. The molecule has 2 fully saturated rings. The Morgan fingerprint density at radius 2 is 1.91 bits per heavy atom. The van der Waals surface area contributed by atoms with Crippen LogP contribution in [0.4, 0.5) is 27.9 Å². The van der Waals surface area contributed by atoms with Crippen LogP contribution in [-0.4, -0.2) is 52.9 Å². The fourth-order valence-electron chi connectivity index (χ4n) is 4.44. The maximum atomic E-state index is 14.2. The van der Waals surface area contributed by atoms with Crippen molar-refractivity contribution in [3.05, 3.63) is 24.0 Å². The first-order valence-corrected chi connectivity index (χ1v) is 12.0. The molecule has 2 aliphatic rings. The van der Waals surface area contributed by atoms with Gasteiger partial charge in [-0.15, -0.1) is 0 Å².